The van der Waals surface area contributed by atoms with Crippen LogP contribution in [0.2, 0.25) is 0 Å². The van der Waals surface area contributed by atoms with Gasteiger partial charge in [-0.25, -0.2) is 0 Å². The molecule has 4 nitrogen and oxygen atoms in total. The van der Waals surface area contributed by atoms with Crippen molar-refractivity contribution in [2.24, 2.45) is 5.41 Å². The Balaban J connectivity index is 1.81. The SMILES string of the molecule is CCC1(C(=O)NCC(C)N2CCCC2)CCCNC1. The number of hydrogen-bond donors (Lipinski definition) is 2. The molecule has 2 atom stereocenters. The van der Waals surface area contributed by atoms with Gasteiger partial charge in [0.25, 0.3) is 0 Å². The van der Waals surface area contributed by atoms with Gasteiger partial charge >= 0.3 is 0 Å². The summed E-state index contributed by atoms with van der Waals surface area (Å²) in [5, 5.41) is 6.58. The Kier molecular flexibility index (Phi) is 5.22. The molecule has 19 heavy (non-hydrogen) atoms. The fourth-order valence-corrected chi connectivity index (χ4v) is 3.36. The number of hydrogen-bond acceptors (Lipinski definition) is 3. The molecule has 2 saturated heterocycles. The van der Waals surface area contributed by atoms with E-state index < -0.39 is 0 Å². The van der Waals surface area contributed by atoms with Gasteiger partial charge in [0.15, 0.2) is 0 Å². The second-order valence-electron chi connectivity index (χ2n) is 6.22. The fraction of sp³-hybridized carbons (Fsp3) is 0.933. The first-order valence-electron chi connectivity index (χ1n) is 7.91. The van der Waals surface area contributed by atoms with Crippen LogP contribution in [0.25, 0.3) is 0 Å². The lowest BCUT2D eigenvalue weighted by Gasteiger charge is -2.36. The minimum atomic E-state index is -0.164. The first-order valence-corrected chi connectivity index (χ1v) is 7.91. The summed E-state index contributed by atoms with van der Waals surface area (Å²) >= 11 is 0. The standard InChI is InChI=1S/C15H29N3O/c1-3-15(7-6-8-16-12-15)14(19)17-11-13(2)18-9-4-5-10-18/h13,16H,3-12H2,1-2H3,(H,17,19). The molecule has 4 heteroatoms. The van der Waals surface area contributed by atoms with Crippen LogP contribution in [0.15, 0.2) is 0 Å². The van der Waals surface area contributed by atoms with E-state index in [1.165, 1.54) is 25.9 Å². The van der Waals surface area contributed by atoms with Gasteiger partial charge in [-0.15, -0.1) is 0 Å². The number of rotatable bonds is 5. The molecule has 0 aromatic heterocycles. The Morgan fingerprint density at radius 3 is 2.68 bits per heavy atom. The van der Waals surface area contributed by atoms with Gasteiger partial charge < -0.3 is 10.6 Å². The predicted octanol–water partition coefficient (Wildman–Crippen LogP) is 1.37. The maximum Gasteiger partial charge on any atom is 0.227 e. The lowest BCUT2D eigenvalue weighted by Crippen LogP contribution is -2.52. The zero-order valence-corrected chi connectivity index (χ0v) is 12.5. The van der Waals surface area contributed by atoms with E-state index in [0.29, 0.717) is 6.04 Å². The van der Waals surface area contributed by atoms with Gasteiger partial charge in [-0.3, -0.25) is 9.69 Å². The van der Waals surface area contributed by atoms with E-state index in [0.717, 1.165) is 38.9 Å². The van der Waals surface area contributed by atoms with E-state index in [9.17, 15) is 4.79 Å². The van der Waals surface area contributed by atoms with Crippen molar-refractivity contribution in [2.45, 2.75) is 52.0 Å². The number of carbonyl (C=O) groups is 1. The van der Waals surface area contributed by atoms with Gasteiger partial charge in [-0.05, 0) is 58.7 Å². The molecule has 2 aliphatic heterocycles. The molecule has 2 aliphatic rings. The second kappa shape index (κ2) is 6.71. The molecule has 110 valence electrons. The average Bonchev–Trinajstić information content (AvgIpc) is 2.99. The molecule has 0 aromatic rings. The maximum atomic E-state index is 12.5. The van der Waals surface area contributed by atoms with Crippen molar-refractivity contribution in [1.29, 1.82) is 0 Å². The van der Waals surface area contributed by atoms with Crippen LogP contribution >= 0.6 is 0 Å². The highest BCUT2D eigenvalue weighted by atomic mass is 16.2. The third-order valence-electron chi connectivity index (χ3n) is 4.95. The largest absolute Gasteiger partial charge is 0.354 e. The lowest BCUT2D eigenvalue weighted by atomic mass is 9.77. The Morgan fingerprint density at radius 1 is 1.37 bits per heavy atom. The van der Waals surface area contributed by atoms with Gasteiger partial charge in [0, 0.05) is 19.1 Å². The highest BCUT2D eigenvalue weighted by Gasteiger charge is 2.37. The van der Waals surface area contributed by atoms with Crippen molar-refractivity contribution in [3.05, 3.63) is 0 Å². The number of nitrogens with one attached hydrogen (secondary N) is 2. The zero-order valence-electron chi connectivity index (χ0n) is 12.5. The number of piperidine rings is 1. The molecule has 0 radical (unpaired) electrons. The minimum Gasteiger partial charge on any atom is -0.354 e. The van der Waals surface area contributed by atoms with E-state index >= 15 is 0 Å². The summed E-state index contributed by atoms with van der Waals surface area (Å²) in [4.78, 5) is 15.0. The molecular weight excluding hydrogens is 238 g/mol. The molecule has 1 amide bonds. The quantitative estimate of drug-likeness (QED) is 0.791. The molecule has 0 saturated carbocycles. The van der Waals surface area contributed by atoms with Gasteiger partial charge in [0.05, 0.1) is 5.41 Å². The summed E-state index contributed by atoms with van der Waals surface area (Å²) in [6.07, 6.45) is 5.69. The first-order chi connectivity index (χ1) is 9.18. The number of amides is 1. The number of nitrogens with zero attached hydrogens (tertiary/aromatic N) is 1. The highest BCUT2D eigenvalue weighted by Crippen LogP contribution is 2.30. The van der Waals surface area contributed by atoms with Crippen LogP contribution < -0.4 is 10.6 Å². The third-order valence-corrected chi connectivity index (χ3v) is 4.95. The van der Waals surface area contributed by atoms with Crippen LogP contribution in [0.3, 0.4) is 0 Å². The Labute approximate surface area is 117 Å². The van der Waals surface area contributed by atoms with Crippen LogP contribution in [-0.4, -0.2) is 49.6 Å². The zero-order chi connectivity index (χ0) is 13.7. The van der Waals surface area contributed by atoms with Gasteiger partial charge in [-0.1, -0.05) is 6.92 Å². The Hall–Kier alpha value is -0.610. The highest BCUT2D eigenvalue weighted by molar-refractivity contribution is 5.83. The molecular formula is C15H29N3O. The van der Waals surface area contributed by atoms with Crippen molar-refractivity contribution < 1.29 is 4.79 Å². The van der Waals surface area contributed by atoms with Crippen molar-refractivity contribution in [1.82, 2.24) is 15.5 Å². The summed E-state index contributed by atoms with van der Waals surface area (Å²) in [7, 11) is 0. The fourth-order valence-electron chi connectivity index (χ4n) is 3.36. The first kappa shape index (κ1) is 14.8. The second-order valence-corrected chi connectivity index (χ2v) is 6.22. The normalized spacial score (nSPS) is 30.2. The molecule has 2 fully saturated rings. The molecule has 0 spiro atoms. The molecule has 2 rings (SSSR count). The summed E-state index contributed by atoms with van der Waals surface area (Å²) in [6.45, 7) is 9.43. The summed E-state index contributed by atoms with van der Waals surface area (Å²) < 4.78 is 0. The topological polar surface area (TPSA) is 44.4 Å². The van der Waals surface area contributed by atoms with Crippen molar-refractivity contribution >= 4 is 5.91 Å². The molecule has 2 heterocycles. The van der Waals surface area contributed by atoms with E-state index in [-0.39, 0.29) is 11.3 Å². The van der Waals surface area contributed by atoms with Crippen LogP contribution in [0.5, 0.6) is 0 Å². The smallest absolute Gasteiger partial charge is 0.227 e. The van der Waals surface area contributed by atoms with Crippen molar-refractivity contribution in [3.8, 4) is 0 Å². The minimum absolute atomic E-state index is 0.164. The lowest BCUT2D eigenvalue weighted by molar-refractivity contribution is -0.132. The summed E-state index contributed by atoms with van der Waals surface area (Å²) in [5.74, 6) is 0.258. The molecule has 2 N–H and O–H groups in total. The van der Waals surface area contributed by atoms with Crippen molar-refractivity contribution in [2.75, 3.05) is 32.7 Å². The van der Waals surface area contributed by atoms with Crippen LogP contribution in [0, 0.1) is 5.41 Å². The van der Waals surface area contributed by atoms with E-state index in [1.54, 1.807) is 0 Å². The van der Waals surface area contributed by atoms with Gasteiger partial charge in [0.1, 0.15) is 0 Å². The molecule has 2 unspecified atom stereocenters. The summed E-state index contributed by atoms with van der Waals surface area (Å²) in [5.41, 5.74) is -0.164. The predicted molar refractivity (Wildman–Crippen MR) is 78.1 cm³/mol. The number of carbonyl (C=O) groups excluding carboxylic acids is 1. The third kappa shape index (κ3) is 3.48. The number of likely N-dealkylation sites (tertiary alicyclic amines) is 1. The maximum absolute atomic E-state index is 12.5. The van der Waals surface area contributed by atoms with Gasteiger partial charge in [0.2, 0.25) is 5.91 Å². The Bertz CT molecular complexity index is 294. The van der Waals surface area contributed by atoms with E-state index in [4.69, 9.17) is 0 Å². The average molecular weight is 267 g/mol. The molecule has 0 aliphatic carbocycles. The van der Waals surface area contributed by atoms with E-state index in [1.807, 2.05) is 0 Å². The van der Waals surface area contributed by atoms with Crippen LogP contribution in [0.4, 0.5) is 0 Å². The van der Waals surface area contributed by atoms with E-state index in [2.05, 4.69) is 29.4 Å². The van der Waals surface area contributed by atoms with Crippen LogP contribution in [-0.2, 0) is 4.79 Å². The van der Waals surface area contributed by atoms with Gasteiger partial charge in [-0.2, -0.15) is 0 Å². The van der Waals surface area contributed by atoms with Crippen LogP contribution in [0.1, 0.15) is 46.0 Å². The summed E-state index contributed by atoms with van der Waals surface area (Å²) in [6, 6.07) is 0.469. The van der Waals surface area contributed by atoms with Crippen molar-refractivity contribution in [3.63, 3.8) is 0 Å². The molecule has 0 aromatic carbocycles. The monoisotopic (exact) mass is 267 g/mol. The molecule has 0 bridgehead atoms. The Morgan fingerprint density at radius 2 is 2.11 bits per heavy atom.